The van der Waals surface area contributed by atoms with Crippen LogP contribution >= 0.6 is 0 Å². The molecule has 2 rings (SSSR count). The van der Waals surface area contributed by atoms with Gasteiger partial charge in [-0.3, -0.25) is 0 Å². The van der Waals surface area contributed by atoms with Crippen LogP contribution in [0.1, 0.15) is 31.5 Å². The van der Waals surface area contributed by atoms with E-state index in [0.29, 0.717) is 6.61 Å². The van der Waals surface area contributed by atoms with E-state index < -0.39 is 0 Å². The zero-order valence-corrected chi connectivity index (χ0v) is 12.5. The van der Waals surface area contributed by atoms with E-state index in [4.69, 9.17) is 4.74 Å². The molecular weight excluding hydrogens is 250 g/mol. The highest BCUT2D eigenvalue weighted by molar-refractivity contribution is 5.57. The molecule has 1 heterocycles. The van der Waals surface area contributed by atoms with Crippen LogP contribution in [0.3, 0.4) is 0 Å². The lowest BCUT2D eigenvalue weighted by Gasteiger charge is -2.14. The first-order valence-electron chi connectivity index (χ1n) is 7.21. The number of imidazole rings is 1. The number of nitrogens with one attached hydrogen (secondary N) is 1. The number of benzene rings is 1. The van der Waals surface area contributed by atoms with Crippen molar-refractivity contribution in [2.24, 2.45) is 0 Å². The second-order valence-corrected chi connectivity index (χ2v) is 4.86. The lowest BCUT2D eigenvalue weighted by molar-refractivity contribution is 0.341. The average Bonchev–Trinajstić information content (AvgIpc) is 2.86. The van der Waals surface area contributed by atoms with Gasteiger partial charge >= 0.3 is 0 Å². The summed E-state index contributed by atoms with van der Waals surface area (Å²) in [6.07, 6.45) is 4.91. The van der Waals surface area contributed by atoms with E-state index in [2.05, 4.69) is 46.9 Å². The molecule has 0 atom stereocenters. The summed E-state index contributed by atoms with van der Waals surface area (Å²) in [6, 6.07) is 6.23. The van der Waals surface area contributed by atoms with Crippen molar-refractivity contribution in [1.29, 1.82) is 0 Å². The van der Waals surface area contributed by atoms with Crippen molar-refractivity contribution in [1.82, 2.24) is 9.55 Å². The number of rotatable bonds is 7. The minimum absolute atomic E-state index is 0.673. The third-order valence-electron chi connectivity index (χ3n) is 3.16. The molecule has 4 heteroatoms. The highest BCUT2D eigenvalue weighted by Gasteiger charge is 2.06. The Bertz CT molecular complexity index is 548. The summed E-state index contributed by atoms with van der Waals surface area (Å²) in [5.41, 5.74) is 3.42. The van der Waals surface area contributed by atoms with Gasteiger partial charge in [-0.15, -0.1) is 0 Å². The second kappa shape index (κ2) is 6.98. The Morgan fingerprint density at radius 3 is 2.90 bits per heavy atom. The predicted octanol–water partition coefficient (Wildman–Crippen LogP) is 3.61. The van der Waals surface area contributed by atoms with Crippen LogP contribution in [0.25, 0.3) is 0 Å². The fourth-order valence-electron chi connectivity index (χ4n) is 2.17. The first kappa shape index (κ1) is 14.4. The van der Waals surface area contributed by atoms with E-state index in [-0.39, 0.29) is 0 Å². The van der Waals surface area contributed by atoms with Crippen LogP contribution in [0.4, 0.5) is 5.69 Å². The largest absolute Gasteiger partial charge is 0.492 e. The molecule has 0 aliphatic carbocycles. The average molecular weight is 273 g/mol. The summed E-state index contributed by atoms with van der Waals surface area (Å²) in [7, 11) is 0. The van der Waals surface area contributed by atoms with Crippen molar-refractivity contribution in [3.63, 3.8) is 0 Å². The number of hydrogen-bond acceptors (Lipinski definition) is 3. The molecule has 4 nitrogen and oxygen atoms in total. The van der Waals surface area contributed by atoms with Gasteiger partial charge in [-0.1, -0.05) is 13.0 Å². The van der Waals surface area contributed by atoms with Gasteiger partial charge in [0.25, 0.3) is 0 Å². The lowest BCUT2D eigenvalue weighted by Crippen LogP contribution is -2.08. The van der Waals surface area contributed by atoms with Crippen LogP contribution < -0.4 is 10.1 Å². The molecular formula is C16H23N3O. The predicted molar refractivity (Wildman–Crippen MR) is 82.2 cm³/mol. The van der Waals surface area contributed by atoms with E-state index >= 15 is 0 Å². The van der Waals surface area contributed by atoms with E-state index in [1.807, 2.05) is 19.4 Å². The first-order chi connectivity index (χ1) is 9.74. The zero-order valence-electron chi connectivity index (χ0n) is 12.5. The molecule has 2 aromatic rings. The van der Waals surface area contributed by atoms with Crippen LogP contribution in [0.5, 0.6) is 5.75 Å². The Hall–Kier alpha value is -1.97. The van der Waals surface area contributed by atoms with Gasteiger partial charge in [0.15, 0.2) is 0 Å². The van der Waals surface area contributed by atoms with Gasteiger partial charge < -0.3 is 14.6 Å². The van der Waals surface area contributed by atoms with Gasteiger partial charge in [-0.25, -0.2) is 4.98 Å². The summed E-state index contributed by atoms with van der Waals surface area (Å²) in [5, 5.41) is 3.44. The van der Waals surface area contributed by atoms with Crippen LogP contribution in [-0.4, -0.2) is 16.2 Å². The first-order valence-corrected chi connectivity index (χ1v) is 7.21. The normalized spacial score (nSPS) is 10.6. The number of nitrogens with zero attached hydrogens (tertiary/aromatic N) is 2. The SMILES string of the molecule is CCCn1cncc1CNc1ccc(C)cc1OCC. The molecule has 0 amide bonds. The molecule has 0 saturated carbocycles. The fourth-order valence-corrected chi connectivity index (χ4v) is 2.17. The van der Waals surface area contributed by atoms with Crippen LogP contribution in [-0.2, 0) is 13.1 Å². The standard InChI is InChI=1S/C16H23N3O/c1-4-8-19-12-17-10-14(19)11-18-15-7-6-13(3)9-16(15)20-5-2/h6-7,9-10,12,18H,4-5,8,11H2,1-3H3. The number of aryl methyl sites for hydroxylation is 2. The molecule has 108 valence electrons. The molecule has 0 bridgehead atoms. The Morgan fingerprint density at radius 1 is 1.30 bits per heavy atom. The van der Waals surface area contributed by atoms with Crippen molar-refractivity contribution in [2.45, 2.75) is 40.3 Å². The smallest absolute Gasteiger partial charge is 0.142 e. The second-order valence-electron chi connectivity index (χ2n) is 4.86. The Kier molecular flexibility index (Phi) is 5.04. The third kappa shape index (κ3) is 3.53. The summed E-state index contributed by atoms with van der Waals surface area (Å²) in [6.45, 7) is 8.67. The summed E-state index contributed by atoms with van der Waals surface area (Å²) >= 11 is 0. The fraction of sp³-hybridized carbons (Fsp3) is 0.438. The van der Waals surface area contributed by atoms with Crippen molar-refractivity contribution in [3.05, 3.63) is 42.0 Å². The maximum absolute atomic E-state index is 5.68. The number of aromatic nitrogens is 2. The quantitative estimate of drug-likeness (QED) is 0.837. The number of hydrogen-bond donors (Lipinski definition) is 1. The molecule has 0 fully saturated rings. The van der Waals surface area contributed by atoms with Crippen LogP contribution in [0.2, 0.25) is 0 Å². The lowest BCUT2D eigenvalue weighted by atomic mass is 10.2. The molecule has 0 radical (unpaired) electrons. The zero-order chi connectivity index (χ0) is 14.4. The topological polar surface area (TPSA) is 39.1 Å². The number of ether oxygens (including phenoxy) is 1. The minimum atomic E-state index is 0.673. The Morgan fingerprint density at radius 2 is 2.15 bits per heavy atom. The molecule has 0 unspecified atom stereocenters. The van der Waals surface area contributed by atoms with E-state index in [1.165, 1.54) is 11.3 Å². The van der Waals surface area contributed by atoms with Crippen molar-refractivity contribution in [2.75, 3.05) is 11.9 Å². The molecule has 1 N–H and O–H groups in total. The molecule has 20 heavy (non-hydrogen) atoms. The summed E-state index contributed by atoms with van der Waals surface area (Å²) in [5.74, 6) is 0.911. The number of anilines is 1. The Labute approximate surface area is 120 Å². The van der Waals surface area contributed by atoms with Crippen molar-refractivity contribution in [3.8, 4) is 5.75 Å². The van der Waals surface area contributed by atoms with Gasteiger partial charge in [0, 0.05) is 12.7 Å². The molecule has 0 saturated heterocycles. The third-order valence-corrected chi connectivity index (χ3v) is 3.16. The maximum atomic E-state index is 5.68. The van der Waals surface area contributed by atoms with Crippen molar-refractivity contribution >= 4 is 5.69 Å². The highest BCUT2D eigenvalue weighted by atomic mass is 16.5. The van der Waals surface area contributed by atoms with Gasteiger partial charge in [0.1, 0.15) is 5.75 Å². The summed E-state index contributed by atoms with van der Waals surface area (Å²) in [4.78, 5) is 4.22. The van der Waals surface area contributed by atoms with E-state index in [1.54, 1.807) is 0 Å². The molecule has 1 aromatic carbocycles. The van der Waals surface area contributed by atoms with Gasteiger partial charge in [0.2, 0.25) is 0 Å². The van der Waals surface area contributed by atoms with Crippen LogP contribution in [0, 0.1) is 6.92 Å². The van der Waals surface area contributed by atoms with E-state index in [9.17, 15) is 0 Å². The maximum Gasteiger partial charge on any atom is 0.142 e. The minimum Gasteiger partial charge on any atom is -0.492 e. The molecule has 0 aliphatic heterocycles. The highest BCUT2D eigenvalue weighted by Crippen LogP contribution is 2.26. The van der Waals surface area contributed by atoms with Gasteiger partial charge in [-0.05, 0) is 38.0 Å². The van der Waals surface area contributed by atoms with Gasteiger partial charge in [0.05, 0.1) is 30.9 Å². The monoisotopic (exact) mass is 273 g/mol. The van der Waals surface area contributed by atoms with Crippen molar-refractivity contribution < 1.29 is 4.74 Å². The Balaban J connectivity index is 2.08. The summed E-state index contributed by atoms with van der Waals surface area (Å²) < 4.78 is 7.86. The molecule has 0 aliphatic rings. The molecule has 1 aromatic heterocycles. The molecule has 0 spiro atoms. The van der Waals surface area contributed by atoms with Crippen LogP contribution in [0.15, 0.2) is 30.7 Å². The van der Waals surface area contributed by atoms with E-state index in [0.717, 1.165) is 30.9 Å². The van der Waals surface area contributed by atoms with Gasteiger partial charge in [-0.2, -0.15) is 0 Å².